The van der Waals surface area contributed by atoms with Crippen LogP contribution in [-0.4, -0.2) is 58.9 Å². The number of nitrogens with zero attached hydrogens (tertiary/aromatic N) is 1. The second-order valence-corrected chi connectivity index (χ2v) is 8.57. The van der Waals surface area contributed by atoms with Crippen LogP contribution in [0.25, 0.3) is 11.1 Å². The Morgan fingerprint density at radius 2 is 1.62 bits per heavy atom. The van der Waals surface area contributed by atoms with Crippen molar-refractivity contribution in [3.05, 3.63) is 59.7 Å². The molecule has 180 valence electrons. The summed E-state index contributed by atoms with van der Waals surface area (Å²) >= 11 is 0. The molecule has 1 heterocycles. The summed E-state index contributed by atoms with van der Waals surface area (Å²) < 4.78 is 47.1. The van der Waals surface area contributed by atoms with Crippen molar-refractivity contribution in [1.82, 2.24) is 10.2 Å². The molecule has 2 aliphatic rings. The van der Waals surface area contributed by atoms with Crippen molar-refractivity contribution in [2.75, 3.05) is 13.2 Å². The molecule has 2 N–H and O–H groups in total. The number of carbonyl (C=O) groups is 3. The molecule has 0 saturated carbocycles. The maximum atomic E-state index is 14.0. The van der Waals surface area contributed by atoms with Gasteiger partial charge in [-0.2, -0.15) is 13.2 Å². The number of benzene rings is 2. The van der Waals surface area contributed by atoms with E-state index in [0.29, 0.717) is 11.8 Å². The quantitative estimate of drug-likeness (QED) is 0.682. The number of hydrogen-bond donors (Lipinski definition) is 2. The molecule has 7 nitrogen and oxygen atoms in total. The van der Waals surface area contributed by atoms with Crippen molar-refractivity contribution in [2.24, 2.45) is 0 Å². The standard InChI is InChI=1S/C24H23F3N2O5/c1-23(24(25,26)27,21(32)29-12-6-11-19(29)20(30)31)28-22(33)34-13-18-16-9-4-2-7-14(16)15-8-3-5-10-17(15)18/h2-5,7-10,18-19H,6,11-13H2,1H3,(H,28,33)(H,30,31). The number of aliphatic carboxylic acids is 1. The highest BCUT2D eigenvalue weighted by molar-refractivity contribution is 5.93. The first kappa shape index (κ1) is 23.6. The van der Waals surface area contributed by atoms with E-state index in [2.05, 4.69) is 0 Å². The maximum Gasteiger partial charge on any atom is 0.420 e. The molecule has 0 bridgehead atoms. The average molecular weight is 476 g/mol. The van der Waals surface area contributed by atoms with Crippen LogP contribution in [0.1, 0.15) is 36.8 Å². The second-order valence-electron chi connectivity index (χ2n) is 8.57. The number of alkyl halides is 3. The fourth-order valence-corrected chi connectivity index (χ4v) is 4.64. The van der Waals surface area contributed by atoms with Crippen LogP contribution in [-0.2, 0) is 14.3 Å². The van der Waals surface area contributed by atoms with Crippen LogP contribution in [0.2, 0.25) is 0 Å². The molecule has 10 heteroatoms. The van der Waals surface area contributed by atoms with E-state index in [-0.39, 0.29) is 31.9 Å². The van der Waals surface area contributed by atoms with Gasteiger partial charge >= 0.3 is 18.2 Å². The van der Waals surface area contributed by atoms with E-state index in [1.165, 1.54) is 0 Å². The third kappa shape index (κ3) is 3.97. The van der Waals surface area contributed by atoms with Crippen molar-refractivity contribution < 1.29 is 37.4 Å². The molecule has 2 amide bonds. The first-order valence-corrected chi connectivity index (χ1v) is 10.8. The lowest BCUT2D eigenvalue weighted by Gasteiger charge is -2.36. The molecular formula is C24H23F3N2O5. The highest BCUT2D eigenvalue weighted by atomic mass is 19.4. The van der Waals surface area contributed by atoms with Gasteiger partial charge < -0.3 is 14.7 Å². The largest absolute Gasteiger partial charge is 0.480 e. The van der Waals surface area contributed by atoms with Gasteiger partial charge in [0.2, 0.25) is 5.54 Å². The summed E-state index contributed by atoms with van der Waals surface area (Å²) in [5, 5.41) is 10.9. The van der Waals surface area contributed by atoms with E-state index >= 15 is 0 Å². The topological polar surface area (TPSA) is 95.9 Å². The summed E-state index contributed by atoms with van der Waals surface area (Å²) in [4.78, 5) is 37.4. The number of hydrogen-bond acceptors (Lipinski definition) is 4. The van der Waals surface area contributed by atoms with Crippen molar-refractivity contribution in [1.29, 1.82) is 0 Å². The Hall–Kier alpha value is -3.56. The SMILES string of the molecule is CC(NC(=O)OCC1c2ccccc2-c2ccccc21)(C(=O)N1CCCC1C(=O)O)C(F)(F)F. The zero-order chi connectivity index (χ0) is 24.7. The van der Waals surface area contributed by atoms with Crippen molar-refractivity contribution in [3.63, 3.8) is 0 Å². The third-order valence-electron chi connectivity index (χ3n) is 6.49. The van der Waals surface area contributed by atoms with Crippen LogP contribution in [0, 0.1) is 0 Å². The Kier molecular flexibility index (Phi) is 6.01. The van der Waals surface area contributed by atoms with Crippen LogP contribution < -0.4 is 5.32 Å². The predicted octanol–water partition coefficient (Wildman–Crippen LogP) is 3.92. The van der Waals surface area contributed by atoms with Gasteiger partial charge in [0, 0.05) is 12.5 Å². The molecule has 2 unspecified atom stereocenters. The lowest BCUT2D eigenvalue weighted by molar-refractivity contribution is -0.201. The molecule has 1 aliphatic carbocycles. The zero-order valence-electron chi connectivity index (χ0n) is 18.3. The monoisotopic (exact) mass is 476 g/mol. The molecule has 4 rings (SSSR count). The first-order valence-electron chi connectivity index (χ1n) is 10.8. The highest BCUT2D eigenvalue weighted by Crippen LogP contribution is 2.44. The van der Waals surface area contributed by atoms with Crippen LogP contribution in [0.15, 0.2) is 48.5 Å². The summed E-state index contributed by atoms with van der Waals surface area (Å²) in [6, 6.07) is 13.6. The molecule has 2 atom stereocenters. The van der Waals surface area contributed by atoms with Crippen LogP contribution in [0.4, 0.5) is 18.0 Å². The number of rotatable bonds is 5. The minimum Gasteiger partial charge on any atom is -0.480 e. The Balaban J connectivity index is 1.52. The summed E-state index contributed by atoms with van der Waals surface area (Å²) in [5.41, 5.74) is 0.334. The highest BCUT2D eigenvalue weighted by Gasteiger charge is 2.61. The number of carboxylic acid groups (broad SMARTS) is 1. The van der Waals surface area contributed by atoms with Crippen LogP contribution in [0.3, 0.4) is 0 Å². The van der Waals surface area contributed by atoms with Gasteiger partial charge in [-0.3, -0.25) is 10.1 Å². The summed E-state index contributed by atoms with van der Waals surface area (Å²) in [6.45, 7) is 0.144. The fraction of sp³-hybridized carbons (Fsp3) is 0.375. The summed E-state index contributed by atoms with van der Waals surface area (Å²) in [6.07, 6.45) is -6.30. The minimum absolute atomic E-state index is 0.0416. The minimum atomic E-state index is -5.18. The number of nitrogens with one attached hydrogen (secondary N) is 1. The molecule has 1 saturated heterocycles. The number of carbonyl (C=O) groups excluding carboxylic acids is 2. The van der Waals surface area contributed by atoms with Gasteiger partial charge in [0.05, 0.1) is 0 Å². The summed E-state index contributed by atoms with van der Waals surface area (Å²) in [7, 11) is 0. The molecule has 0 aromatic heterocycles. The lowest BCUT2D eigenvalue weighted by Crippen LogP contribution is -2.66. The summed E-state index contributed by atoms with van der Waals surface area (Å²) in [5.74, 6) is -3.30. The van der Waals surface area contributed by atoms with Gasteiger partial charge in [0.25, 0.3) is 5.91 Å². The molecular weight excluding hydrogens is 453 g/mol. The number of alkyl carbamates (subject to hydrolysis) is 1. The van der Waals surface area contributed by atoms with Gasteiger partial charge in [-0.25, -0.2) is 9.59 Å². The molecule has 0 radical (unpaired) electrons. The van der Waals surface area contributed by atoms with Gasteiger partial charge in [-0.05, 0) is 42.0 Å². The van der Waals surface area contributed by atoms with Crippen LogP contribution >= 0.6 is 0 Å². The molecule has 2 aromatic rings. The molecule has 0 spiro atoms. The second kappa shape index (κ2) is 8.66. The molecule has 2 aromatic carbocycles. The Bertz CT molecular complexity index is 1090. The number of halogens is 3. The zero-order valence-corrected chi connectivity index (χ0v) is 18.3. The number of ether oxygens (including phenoxy) is 1. The first-order chi connectivity index (χ1) is 16.0. The van der Waals surface area contributed by atoms with Crippen molar-refractivity contribution >= 4 is 18.0 Å². The number of likely N-dealkylation sites (tertiary alicyclic amines) is 1. The van der Waals surface area contributed by atoms with Gasteiger partial charge in [0.15, 0.2) is 0 Å². The van der Waals surface area contributed by atoms with E-state index in [9.17, 15) is 32.7 Å². The molecule has 1 fully saturated rings. The molecule has 34 heavy (non-hydrogen) atoms. The van der Waals surface area contributed by atoms with Crippen LogP contribution in [0.5, 0.6) is 0 Å². The lowest BCUT2D eigenvalue weighted by atomic mass is 9.98. The smallest absolute Gasteiger partial charge is 0.420 e. The maximum absolute atomic E-state index is 14.0. The number of carboxylic acids is 1. The van der Waals surface area contributed by atoms with E-state index in [0.717, 1.165) is 22.3 Å². The third-order valence-corrected chi connectivity index (χ3v) is 6.49. The fourth-order valence-electron chi connectivity index (χ4n) is 4.64. The van der Waals surface area contributed by atoms with Crippen molar-refractivity contribution in [2.45, 2.75) is 43.4 Å². The Labute approximate surface area is 193 Å². The van der Waals surface area contributed by atoms with Gasteiger partial charge in [-0.1, -0.05) is 48.5 Å². The molecule has 1 aliphatic heterocycles. The van der Waals surface area contributed by atoms with Crippen molar-refractivity contribution in [3.8, 4) is 11.1 Å². The Morgan fingerprint density at radius 1 is 1.06 bits per heavy atom. The van der Waals surface area contributed by atoms with E-state index < -0.39 is 35.7 Å². The average Bonchev–Trinajstić information content (AvgIpc) is 3.40. The van der Waals surface area contributed by atoms with Gasteiger partial charge in [0.1, 0.15) is 12.6 Å². The van der Waals surface area contributed by atoms with Gasteiger partial charge in [-0.15, -0.1) is 0 Å². The van der Waals surface area contributed by atoms with E-state index in [4.69, 9.17) is 4.74 Å². The van der Waals surface area contributed by atoms with E-state index in [1.807, 2.05) is 48.5 Å². The Morgan fingerprint density at radius 3 is 2.15 bits per heavy atom. The predicted molar refractivity (Wildman–Crippen MR) is 115 cm³/mol. The van der Waals surface area contributed by atoms with E-state index in [1.54, 1.807) is 5.32 Å². The normalized spacial score (nSPS) is 19.2. The number of amides is 2. The number of fused-ring (bicyclic) bond motifs is 3.